The number of carbonyl (C=O) groups is 2. The maximum Gasteiger partial charge on any atom is 0.330 e. The van der Waals surface area contributed by atoms with Crippen molar-refractivity contribution in [1.29, 1.82) is 5.41 Å². The number of amides is 1. The van der Waals surface area contributed by atoms with Gasteiger partial charge in [-0.05, 0) is 69.0 Å². The van der Waals surface area contributed by atoms with Crippen LogP contribution < -0.4 is 27.8 Å². The van der Waals surface area contributed by atoms with Crippen LogP contribution in [0.2, 0.25) is 0 Å². The van der Waals surface area contributed by atoms with Crippen LogP contribution >= 0.6 is 0 Å². The van der Waals surface area contributed by atoms with Gasteiger partial charge in [0.2, 0.25) is 0 Å². The van der Waals surface area contributed by atoms with Crippen molar-refractivity contribution >= 4 is 23.4 Å². The molecule has 1 aliphatic carbocycles. The SMILES string of the molecule is CNC1CCC(CN)CC1.N=C(N)c1ccc(N)c(C(=O)N[C@@H](C(=O)O)c2ccccc2)c1. The number of nitrogens with two attached hydrogens (primary N) is 3. The molecule has 0 bridgehead atoms. The highest BCUT2D eigenvalue weighted by atomic mass is 16.4. The minimum absolute atomic E-state index is 0.0693. The maximum atomic E-state index is 12.4. The van der Waals surface area contributed by atoms with Gasteiger partial charge in [0.05, 0.1) is 5.56 Å². The number of amidine groups is 1. The molecule has 0 saturated heterocycles. The van der Waals surface area contributed by atoms with E-state index in [2.05, 4.69) is 10.6 Å². The average Bonchev–Trinajstić information content (AvgIpc) is 2.83. The van der Waals surface area contributed by atoms with Crippen molar-refractivity contribution in [3.05, 3.63) is 65.2 Å². The van der Waals surface area contributed by atoms with E-state index in [1.54, 1.807) is 30.3 Å². The van der Waals surface area contributed by atoms with Gasteiger partial charge >= 0.3 is 5.97 Å². The van der Waals surface area contributed by atoms with Crippen LogP contribution in [0.25, 0.3) is 0 Å². The van der Waals surface area contributed by atoms with Crippen LogP contribution in [-0.2, 0) is 4.79 Å². The first-order chi connectivity index (χ1) is 15.8. The summed E-state index contributed by atoms with van der Waals surface area (Å²) in [6.07, 6.45) is 5.28. The van der Waals surface area contributed by atoms with Crippen molar-refractivity contribution in [2.75, 3.05) is 19.3 Å². The Morgan fingerprint density at radius 2 is 1.76 bits per heavy atom. The second-order valence-corrected chi connectivity index (χ2v) is 8.11. The van der Waals surface area contributed by atoms with Gasteiger partial charge in [0.15, 0.2) is 6.04 Å². The Labute approximate surface area is 194 Å². The Balaban J connectivity index is 0.000000321. The molecule has 10 N–H and O–H groups in total. The highest BCUT2D eigenvalue weighted by Crippen LogP contribution is 2.22. The molecule has 0 spiro atoms. The Morgan fingerprint density at radius 1 is 1.12 bits per heavy atom. The summed E-state index contributed by atoms with van der Waals surface area (Å²) in [4.78, 5) is 23.8. The van der Waals surface area contributed by atoms with Gasteiger partial charge in [-0.1, -0.05) is 30.3 Å². The van der Waals surface area contributed by atoms with Crippen molar-refractivity contribution in [3.63, 3.8) is 0 Å². The largest absolute Gasteiger partial charge is 0.479 e. The molecule has 178 valence electrons. The topological polar surface area (TPSA) is 180 Å². The summed E-state index contributed by atoms with van der Waals surface area (Å²) in [6.45, 7) is 0.885. The lowest BCUT2D eigenvalue weighted by atomic mass is 9.86. The number of aliphatic carboxylic acids is 1. The fourth-order valence-electron chi connectivity index (χ4n) is 3.75. The first kappa shape index (κ1) is 25.8. The van der Waals surface area contributed by atoms with E-state index in [1.807, 2.05) is 7.05 Å². The predicted octanol–water partition coefficient (Wildman–Crippen LogP) is 1.83. The van der Waals surface area contributed by atoms with Crippen LogP contribution in [0.5, 0.6) is 0 Å². The standard InChI is InChI=1S/C16H16N4O3.C8H18N2/c17-12-7-6-10(14(18)19)8-11(12)15(21)20-13(16(22)23)9-4-2-1-3-5-9;1-10-8-4-2-7(6-9)3-5-8/h1-8,13H,17H2,(H3,18,19)(H,20,21)(H,22,23);7-8,10H,2-6,9H2,1H3/t13-;/m1./s1. The number of hydrogen-bond acceptors (Lipinski definition) is 6. The van der Waals surface area contributed by atoms with Crippen LogP contribution in [0.4, 0.5) is 5.69 Å². The number of nitrogen functional groups attached to an aromatic ring is 2. The van der Waals surface area contributed by atoms with Gasteiger partial charge in [-0.25, -0.2) is 4.79 Å². The normalized spacial score (nSPS) is 18.4. The van der Waals surface area contributed by atoms with Gasteiger partial charge in [0.25, 0.3) is 5.91 Å². The molecule has 0 aromatic heterocycles. The maximum absolute atomic E-state index is 12.4. The number of hydrogen-bond donors (Lipinski definition) is 7. The van der Waals surface area contributed by atoms with Gasteiger partial charge in [-0.15, -0.1) is 0 Å². The van der Waals surface area contributed by atoms with Crippen molar-refractivity contribution in [2.45, 2.75) is 37.8 Å². The molecule has 1 atom stereocenters. The number of benzene rings is 2. The van der Waals surface area contributed by atoms with Crippen LogP contribution in [0.15, 0.2) is 48.5 Å². The molecule has 1 fully saturated rings. The Bertz CT molecular complexity index is 930. The molecule has 1 amide bonds. The van der Waals surface area contributed by atoms with E-state index in [0.717, 1.165) is 18.5 Å². The Morgan fingerprint density at radius 3 is 2.27 bits per heavy atom. The third-order valence-corrected chi connectivity index (χ3v) is 5.85. The molecule has 2 aromatic carbocycles. The van der Waals surface area contributed by atoms with Gasteiger partial charge in [-0.2, -0.15) is 0 Å². The smallest absolute Gasteiger partial charge is 0.330 e. The van der Waals surface area contributed by atoms with Crippen molar-refractivity contribution in [3.8, 4) is 0 Å². The molecular weight excluding hydrogens is 420 g/mol. The molecule has 0 radical (unpaired) electrons. The Hall–Kier alpha value is -3.43. The van der Waals surface area contributed by atoms with Gasteiger partial charge < -0.3 is 32.9 Å². The molecule has 0 unspecified atom stereocenters. The van der Waals surface area contributed by atoms with Crippen LogP contribution in [0.3, 0.4) is 0 Å². The quantitative estimate of drug-likeness (QED) is 0.189. The van der Waals surface area contributed by atoms with Gasteiger partial charge in [-0.3, -0.25) is 10.2 Å². The summed E-state index contributed by atoms with van der Waals surface area (Å²) in [6, 6.07) is 12.2. The summed E-state index contributed by atoms with van der Waals surface area (Å²) in [5, 5.41) is 22.5. The molecule has 0 aliphatic heterocycles. The fraction of sp³-hybridized carbons (Fsp3) is 0.375. The number of rotatable bonds is 7. The zero-order valence-corrected chi connectivity index (χ0v) is 18.9. The van der Waals surface area contributed by atoms with Gasteiger partial charge in [0, 0.05) is 17.3 Å². The molecule has 0 heterocycles. The van der Waals surface area contributed by atoms with Crippen molar-refractivity contribution in [2.24, 2.45) is 17.4 Å². The Kier molecular flexibility index (Phi) is 9.84. The van der Waals surface area contributed by atoms with Crippen molar-refractivity contribution < 1.29 is 14.7 Å². The summed E-state index contributed by atoms with van der Waals surface area (Å²) in [7, 11) is 2.05. The summed E-state index contributed by atoms with van der Waals surface area (Å²) in [5.74, 6) is -1.24. The summed E-state index contributed by atoms with van der Waals surface area (Å²) in [5.41, 5.74) is 17.7. The minimum Gasteiger partial charge on any atom is -0.479 e. The number of carboxylic acid groups (broad SMARTS) is 1. The lowest BCUT2D eigenvalue weighted by Crippen LogP contribution is -2.34. The number of carbonyl (C=O) groups excluding carboxylic acids is 1. The van der Waals surface area contributed by atoms with E-state index in [1.165, 1.54) is 43.9 Å². The fourth-order valence-corrected chi connectivity index (χ4v) is 3.75. The molecule has 33 heavy (non-hydrogen) atoms. The average molecular weight is 455 g/mol. The van der Waals surface area contributed by atoms with E-state index >= 15 is 0 Å². The monoisotopic (exact) mass is 454 g/mol. The second-order valence-electron chi connectivity index (χ2n) is 8.11. The van der Waals surface area contributed by atoms with Gasteiger partial charge in [0.1, 0.15) is 5.84 Å². The molecular formula is C24H34N6O3. The third kappa shape index (κ3) is 7.58. The lowest BCUT2D eigenvalue weighted by molar-refractivity contribution is -0.139. The highest BCUT2D eigenvalue weighted by molar-refractivity contribution is 6.04. The van der Waals surface area contributed by atoms with Crippen molar-refractivity contribution in [1.82, 2.24) is 10.6 Å². The number of nitrogens with one attached hydrogen (secondary N) is 3. The molecule has 1 aliphatic rings. The predicted molar refractivity (Wildman–Crippen MR) is 130 cm³/mol. The molecule has 9 nitrogen and oxygen atoms in total. The third-order valence-electron chi connectivity index (χ3n) is 5.85. The number of carboxylic acids is 1. The molecule has 3 rings (SSSR count). The van der Waals surface area contributed by atoms with E-state index in [4.69, 9.17) is 22.6 Å². The first-order valence-corrected chi connectivity index (χ1v) is 11.0. The molecule has 2 aromatic rings. The first-order valence-electron chi connectivity index (χ1n) is 11.0. The summed E-state index contributed by atoms with van der Waals surface area (Å²) >= 11 is 0. The molecule has 1 saturated carbocycles. The second kappa shape index (κ2) is 12.6. The van der Waals surface area contributed by atoms with E-state index in [0.29, 0.717) is 11.1 Å². The zero-order chi connectivity index (χ0) is 24.4. The van der Waals surface area contributed by atoms with Crippen LogP contribution in [0, 0.1) is 11.3 Å². The van der Waals surface area contributed by atoms with E-state index < -0.39 is 17.9 Å². The summed E-state index contributed by atoms with van der Waals surface area (Å²) < 4.78 is 0. The van der Waals surface area contributed by atoms with E-state index in [-0.39, 0.29) is 17.1 Å². The molecule has 9 heteroatoms. The minimum atomic E-state index is -1.20. The van der Waals surface area contributed by atoms with Crippen LogP contribution in [0.1, 0.15) is 53.2 Å². The van der Waals surface area contributed by atoms with Crippen LogP contribution in [-0.4, -0.2) is 42.5 Å². The lowest BCUT2D eigenvalue weighted by Gasteiger charge is -2.26. The van der Waals surface area contributed by atoms with E-state index in [9.17, 15) is 14.7 Å². The number of anilines is 1. The zero-order valence-electron chi connectivity index (χ0n) is 18.9. The highest BCUT2D eigenvalue weighted by Gasteiger charge is 2.23.